The molecule has 2 rings (SSSR count). The average molecular weight is 310 g/mol. The lowest BCUT2D eigenvalue weighted by Crippen LogP contribution is -1.84. The summed E-state index contributed by atoms with van der Waals surface area (Å²) < 4.78 is 5.42. The van der Waals surface area contributed by atoms with Crippen LogP contribution in [-0.2, 0) is 0 Å². The van der Waals surface area contributed by atoms with Crippen LogP contribution in [0.25, 0.3) is 0 Å². The number of hydrogen-bond acceptors (Lipinski definition) is 4. The second-order valence-electron chi connectivity index (χ2n) is 3.27. The van der Waals surface area contributed by atoms with Gasteiger partial charge < -0.3 is 4.42 Å². The van der Waals surface area contributed by atoms with Crippen LogP contribution in [0.1, 0.15) is 11.5 Å². The standard InChI is InChI=1S/C10H7Cl3N2OS/c1-4-5(2)16-10(14-4)17-9-7(12)3-6(11)8(13)15-9/h3H,1-2H3. The summed E-state index contributed by atoms with van der Waals surface area (Å²) in [6.45, 7) is 3.71. The number of nitrogens with zero attached hydrogens (tertiary/aromatic N) is 2. The van der Waals surface area contributed by atoms with E-state index in [-0.39, 0.29) is 5.15 Å². The van der Waals surface area contributed by atoms with Gasteiger partial charge in [0.1, 0.15) is 15.9 Å². The Balaban J connectivity index is 2.33. The van der Waals surface area contributed by atoms with Crippen molar-refractivity contribution in [3.05, 3.63) is 32.7 Å². The fourth-order valence-electron chi connectivity index (χ4n) is 1.07. The Morgan fingerprint density at radius 3 is 2.41 bits per heavy atom. The van der Waals surface area contributed by atoms with Crippen molar-refractivity contribution in [3.63, 3.8) is 0 Å². The second-order valence-corrected chi connectivity index (χ2v) is 5.38. The van der Waals surface area contributed by atoms with Crippen LogP contribution >= 0.6 is 46.6 Å². The number of hydrogen-bond donors (Lipinski definition) is 0. The highest BCUT2D eigenvalue weighted by Crippen LogP contribution is 2.35. The van der Waals surface area contributed by atoms with Gasteiger partial charge in [-0.15, -0.1) is 0 Å². The number of aryl methyl sites for hydroxylation is 2. The molecule has 2 aromatic heterocycles. The smallest absolute Gasteiger partial charge is 0.262 e. The molecular formula is C10H7Cl3N2OS. The average Bonchev–Trinajstić information content (AvgIpc) is 2.55. The van der Waals surface area contributed by atoms with Crippen molar-refractivity contribution < 1.29 is 4.42 Å². The molecule has 2 aromatic rings. The van der Waals surface area contributed by atoms with Gasteiger partial charge >= 0.3 is 0 Å². The van der Waals surface area contributed by atoms with Gasteiger partial charge in [0.25, 0.3) is 5.22 Å². The van der Waals surface area contributed by atoms with Crippen LogP contribution in [-0.4, -0.2) is 9.97 Å². The van der Waals surface area contributed by atoms with Gasteiger partial charge in [-0.05, 0) is 31.7 Å². The molecule has 0 saturated carbocycles. The third kappa shape index (κ3) is 2.88. The van der Waals surface area contributed by atoms with Crippen molar-refractivity contribution in [1.29, 1.82) is 0 Å². The third-order valence-corrected chi connectivity index (χ3v) is 3.97. The summed E-state index contributed by atoms with van der Waals surface area (Å²) >= 11 is 18.8. The number of halogens is 3. The first-order valence-electron chi connectivity index (χ1n) is 4.61. The molecule has 0 fully saturated rings. The molecule has 2 heterocycles. The lowest BCUT2D eigenvalue weighted by Gasteiger charge is -2.02. The van der Waals surface area contributed by atoms with Gasteiger partial charge in [-0.1, -0.05) is 34.8 Å². The minimum Gasteiger partial charge on any atom is -0.436 e. The van der Waals surface area contributed by atoms with Crippen molar-refractivity contribution in [2.45, 2.75) is 24.1 Å². The Morgan fingerprint density at radius 1 is 1.12 bits per heavy atom. The van der Waals surface area contributed by atoms with E-state index < -0.39 is 0 Å². The molecule has 0 N–H and O–H groups in total. The molecule has 7 heteroatoms. The molecule has 0 radical (unpaired) electrons. The molecule has 0 spiro atoms. The lowest BCUT2D eigenvalue weighted by atomic mass is 10.4. The number of oxazole rings is 1. The van der Waals surface area contributed by atoms with E-state index in [1.54, 1.807) is 6.07 Å². The summed E-state index contributed by atoms with van der Waals surface area (Å²) in [5, 5.41) is 1.94. The molecule has 3 nitrogen and oxygen atoms in total. The lowest BCUT2D eigenvalue weighted by molar-refractivity contribution is 0.431. The maximum Gasteiger partial charge on any atom is 0.262 e. The molecule has 0 unspecified atom stereocenters. The van der Waals surface area contributed by atoms with Crippen molar-refractivity contribution >= 4 is 46.6 Å². The molecule has 0 aromatic carbocycles. The Hall–Kier alpha value is -0.420. The highest BCUT2D eigenvalue weighted by Gasteiger charge is 2.13. The SMILES string of the molecule is Cc1nc(Sc2nc(Cl)c(Cl)cc2Cl)oc1C. The normalized spacial score (nSPS) is 10.9. The predicted molar refractivity (Wildman–Crippen MR) is 69.4 cm³/mol. The van der Waals surface area contributed by atoms with Crippen molar-refractivity contribution in [2.75, 3.05) is 0 Å². The fraction of sp³-hybridized carbons (Fsp3) is 0.200. The summed E-state index contributed by atoms with van der Waals surface area (Å²) in [4.78, 5) is 8.29. The minimum atomic E-state index is 0.207. The maximum absolute atomic E-state index is 6.00. The van der Waals surface area contributed by atoms with Gasteiger partial charge in [0.2, 0.25) is 0 Å². The highest BCUT2D eigenvalue weighted by molar-refractivity contribution is 7.99. The highest BCUT2D eigenvalue weighted by atomic mass is 35.5. The molecule has 0 aliphatic heterocycles. The van der Waals surface area contributed by atoms with E-state index in [1.807, 2.05) is 13.8 Å². The van der Waals surface area contributed by atoms with Crippen LogP contribution in [0.2, 0.25) is 15.2 Å². The Kier molecular flexibility index (Phi) is 3.88. The zero-order valence-electron chi connectivity index (χ0n) is 8.92. The van der Waals surface area contributed by atoms with Gasteiger partial charge in [-0.2, -0.15) is 0 Å². The molecule has 17 heavy (non-hydrogen) atoms. The molecule has 0 amide bonds. The molecule has 90 valence electrons. The third-order valence-electron chi connectivity index (χ3n) is 2.05. The van der Waals surface area contributed by atoms with Crippen LogP contribution in [0.4, 0.5) is 0 Å². The molecule has 0 saturated heterocycles. The fourth-order valence-corrected chi connectivity index (χ4v) is 2.54. The van der Waals surface area contributed by atoms with Gasteiger partial charge in [0.15, 0.2) is 0 Å². The topological polar surface area (TPSA) is 38.9 Å². The number of aromatic nitrogens is 2. The molecule has 0 aliphatic carbocycles. The van der Waals surface area contributed by atoms with Gasteiger partial charge in [0.05, 0.1) is 15.7 Å². The first-order chi connectivity index (χ1) is 7.97. The van der Waals surface area contributed by atoms with Gasteiger partial charge in [-0.3, -0.25) is 0 Å². The maximum atomic E-state index is 6.00. The van der Waals surface area contributed by atoms with E-state index in [4.69, 9.17) is 39.2 Å². The van der Waals surface area contributed by atoms with E-state index in [0.717, 1.165) is 11.5 Å². The summed E-state index contributed by atoms with van der Waals surface area (Å²) in [6, 6.07) is 1.55. The van der Waals surface area contributed by atoms with E-state index in [1.165, 1.54) is 11.8 Å². The van der Waals surface area contributed by atoms with Gasteiger partial charge in [-0.25, -0.2) is 9.97 Å². The van der Waals surface area contributed by atoms with Crippen LogP contribution in [0.5, 0.6) is 0 Å². The molecule has 0 aliphatic rings. The second kappa shape index (κ2) is 5.06. The van der Waals surface area contributed by atoms with Crippen LogP contribution < -0.4 is 0 Å². The molecule has 0 atom stereocenters. The van der Waals surface area contributed by atoms with Gasteiger partial charge in [0, 0.05) is 0 Å². The quantitative estimate of drug-likeness (QED) is 0.747. The van der Waals surface area contributed by atoms with Crippen LogP contribution in [0.3, 0.4) is 0 Å². The zero-order valence-corrected chi connectivity index (χ0v) is 12.0. The molecule has 0 bridgehead atoms. The van der Waals surface area contributed by atoms with E-state index in [0.29, 0.717) is 20.3 Å². The van der Waals surface area contributed by atoms with Crippen molar-refractivity contribution in [1.82, 2.24) is 9.97 Å². The van der Waals surface area contributed by atoms with Crippen LogP contribution in [0.15, 0.2) is 20.7 Å². The first kappa shape index (κ1) is 13.0. The Morgan fingerprint density at radius 2 is 1.82 bits per heavy atom. The van der Waals surface area contributed by atoms with E-state index in [2.05, 4.69) is 9.97 Å². The zero-order chi connectivity index (χ0) is 12.6. The Bertz CT molecular complexity index is 551. The predicted octanol–water partition coefficient (Wildman–Crippen LogP) is 4.80. The monoisotopic (exact) mass is 308 g/mol. The Labute approximate surface area is 117 Å². The largest absolute Gasteiger partial charge is 0.436 e. The van der Waals surface area contributed by atoms with E-state index in [9.17, 15) is 0 Å². The molecular weight excluding hydrogens is 303 g/mol. The first-order valence-corrected chi connectivity index (χ1v) is 6.56. The van der Waals surface area contributed by atoms with Crippen molar-refractivity contribution in [3.8, 4) is 0 Å². The summed E-state index contributed by atoms with van der Waals surface area (Å²) in [5.74, 6) is 0.767. The summed E-state index contributed by atoms with van der Waals surface area (Å²) in [5.41, 5.74) is 0.837. The van der Waals surface area contributed by atoms with Crippen molar-refractivity contribution in [2.24, 2.45) is 0 Å². The number of pyridine rings is 1. The summed E-state index contributed by atoms with van der Waals surface area (Å²) in [6.07, 6.45) is 0. The number of rotatable bonds is 2. The summed E-state index contributed by atoms with van der Waals surface area (Å²) in [7, 11) is 0. The minimum absolute atomic E-state index is 0.207. The van der Waals surface area contributed by atoms with E-state index >= 15 is 0 Å². The van der Waals surface area contributed by atoms with Crippen LogP contribution in [0, 0.1) is 13.8 Å².